The highest BCUT2D eigenvalue weighted by Gasteiger charge is 2.21. The molecule has 3 rings (SSSR count). The Hall–Kier alpha value is -1.51. The molecule has 1 aliphatic heterocycles. The summed E-state index contributed by atoms with van der Waals surface area (Å²) in [5, 5.41) is 3.28. The molecule has 90 valence electrons. The van der Waals surface area contributed by atoms with Crippen molar-refractivity contribution < 1.29 is 9.53 Å². The van der Waals surface area contributed by atoms with E-state index in [4.69, 9.17) is 4.74 Å². The molecule has 0 aromatic heterocycles. The van der Waals surface area contributed by atoms with Gasteiger partial charge in [-0.3, -0.25) is 0 Å². The van der Waals surface area contributed by atoms with Gasteiger partial charge in [0, 0.05) is 12.2 Å². The standard InChI is InChI=1S/C14H17NO2/c16-14(17-8-6-10-1-2-10)12-3-4-13-11(9-12)5-7-15-13/h3-4,9-10,15H,1-2,5-8H2. The topological polar surface area (TPSA) is 38.3 Å². The number of ether oxygens (including phenoxy) is 1. The average Bonchev–Trinajstić information content (AvgIpc) is 3.04. The Morgan fingerprint density at radius 3 is 3.12 bits per heavy atom. The molecule has 2 aliphatic rings. The zero-order valence-corrected chi connectivity index (χ0v) is 9.87. The first-order chi connectivity index (χ1) is 8.33. The van der Waals surface area contributed by atoms with E-state index >= 15 is 0 Å². The lowest BCUT2D eigenvalue weighted by Gasteiger charge is -2.06. The SMILES string of the molecule is O=C(OCCC1CC1)c1ccc2c(c1)CCN2. The maximum Gasteiger partial charge on any atom is 0.338 e. The molecule has 0 unspecified atom stereocenters. The molecule has 1 saturated carbocycles. The van der Waals surface area contributed by atoms with Crippen LogP contribution in [0.2, 0.25) is 0 Å². The largest absolute Gasteiger partial charge is 0.462 e. The summed E-state index contributed by atoms with van der Waals surface area (Å²) in [5.41, 5.74) is 3.06. The zero-order chi connectivity index (χ0) is 11.7. The molecule has 3 nitrogen and oxygen atoms in total. The van der Waals surface area contributed by atoms with Gasteiger partial charge in [-0.05, 0) is 42.5 Å². The minimum Gasteiger partial charge on any atom is -0.462 e. The second-order valence-corrected chi connectivity index (χ2v) is 4.92. The van der Waals surface area contributed by atoms with Gasteiger partial charge in [-0.25, -0.2) is 4.79 Å². The fourth-order valence-electron chi connectivity index (χ4n) is 2.24. The van der Waals surface area contributed by atoms with Crippen LogP contribution in [0.5, 0.6) is 0 Å². The van der Waals surface area contributed by atoms with Gasteiger partial charge in [0.15, 0.2) is 0 Å². The van der Waals surface area contributed by atoms with Crippen molar-refractivity contribution in [3.63, 3.8) is 0 Å². The lowest BCUT2D eigenvalue weighted by atomic mass is 10.1. The van der Waals surface area contributed by atoms with Crippen LogP contribution in [0, 0.1) is 5.92 Å². The van der Waals surface area contributed by atoms with Crippen LogP contribution in [0.4, 0.5) is 5.69 Å². The van der Waals surface area contributed by atoms with Crippen LogP contribution in [0.25, 0.3) is 0 Å². The normalized spacial score (nSPS) is 17.4. The van der Waals surface area contributed by atoms with E-state index in [1.165, 1.54) is 18.4 Å². The summed E-state index contributed by atoms with van der Waals surface area (Å²) in [6.07, 6.45) is 4.64. The van der Waals surface area contributed by atoms with Crippen LogP contribution in [0.1, 0.15) is 35.2 Å². The Balaban J connectivity index is 1.60. The Labute approximate surface area is 101 Å². The predicted octanol–water partition coefficient (Wildman–Crippen LogP) is 2.61. The molecule has 17 heavy (non-hydrogen) atoms. The molecule has 1 N–H and O–H groups in total. The van der Waals surface area contributed by atoms with Gasteiger partial charge in [0.05, 0.1) is 12.2 Å². The lowest BCUT2D eigenvalue weighted by Crippen LogP contribution is -2.07. The van der Waals surface area contributed by atoms with Crippen molar-refractivity contribution in [3.8, 4) is 0 Å². The predicted molar refractivity (Wildman–Crippen MR) is 66.3 cm³/mol. The van der Waals surface area contributed by atoms with E-state index in [0.717, 1.165) is 31.0 Å². The highest BCUT2D eigenvalue weighted by molar-refractivity contribution is 5.90. The molecular weight excluding hydrogens is 214 g/mol. The minimum atomic E-state index is -0.180. The number of carbonyl (C=O) groups is 1. The number of rotatable bonds is 4. The molecule has 1 heterocycles. The third-order valence-electron chi connectivity index (χ3n) is 3.51. The lowest BCUT2D eigenvalue weighted by molar-refractivity contribution is 0.0495. The minimum absolute atomic E-state index is 0.180. The third kappa shape index (κ3) is 2.43. The van der Waals surface area contributed by atoms with E-state index in [9.17, 15) is 4.79 Å². The summed E-state index contributed by atoms with van der Waals surface area (Å²) in [6, 6.07) is 5.77. The van der Waals surface area contributed by atoms with Crippen LogP contribution >= 0.6 is 0 Å². The number of carbonyl (C=O) groups excluding carboxylic acids is 1. The van der Waals surface area contributed by atoms with Gasteiger partial charge in [0.25, 0.3) is 0 Å². The van der Waals surface area contributed by atoms with Gasteiger partial charge < -0.3 is 10.1 Å². The molecular formula is C14H17NO2. The molecule has 1 aromatic carbocycles. The van der Waals surface area contributed by atoms with Crippen LogP contribution in [0.15, 0.2) is 18.2 Å². The molecule has 0 saturated heterocycles. The molecule has 1 aromatic rings. The summed E-state index contributed by atoms with van der Waals surface area (Å²) in [6.45, 7) is 1.54. The van der Waals surface area contributed by atoms with Crippen molar-refractivity contribution in [1.29, 1.82) is 0 Å². The Morgan fingerprint density at radius 2 is 2.29 bits per heavy atom. The summed E-state index contributed by atoms with van der Waals surface area (Å²) < 4.78 is 5.28. The Morgan fingerprint density at radius 1 is 1.41 bits per heavy atom. The number of benzene rings is 1. The van der Waals surface area contributed by atoms with Gasteiger partial charge in [-0.15, -0.1) is 0 Å². The van der Waals surface area contributed by atoms with E-state index in [1.54, 1.807) is 0 Å². The van der Waals surface area contributed by atoms with Crippen molar-refractivity contribution in [2.24, 2.45) is 5.92 Å². The van der Waals surface area contributed by atoms with Crippen LogP contribution in [-0.2, 0) is 11.2 Å². The highest BCUT2D eigenvalue weighted by Crippen LogP contribution is 2.32. The quantitative estimate of drug-likeness (QED) is 0.809. The summed E-state index contributed by atoms with van der Waals surface area (Å²) in [5.74, 6) is 0.632. The monoisotopic (exact) mass is 231 g/mol. The molecule has 0 radical (unpaired) electrons. The highest BCUT2D eigenvalue weighted by atomic mass is 16.5. The number of hydrogen-bond acceptors (Lipinski definition) is 3. The van der Waals surface area contributed by atoms with Crippen molar-refractivity contribution >= 4 is 11.7 Å². The number of hydrogen-bond donors (Lipinski definition) is 1. The first-order valence-corrected chi connectivity index (χ1v) is 6.37. The van der Waals surface area contributed by atoms with Gasteiger partial charge in [-0.1, -0.05) is 12.8 Å². The number of anilines is 1. The number of esters is 1. The molecule has 1 fully saturated rings. The Bertz CT molecular complexity index is 438. The van der Waals surface area contributed by atoms with Crippen molar-refractivity contribution in [3.05, 3.63) is 29.3 Å². The molecule has 0 spiro atoms. The summed E-state index contributed by atoms with van der Waals surface area (Å²) >= 11 is 0. The Kier molecular flexibility index (Phi) is 2.75. The molecule has 0 amide bonds. The molecule has 0 atom stereocenters. The van der Waals surface area contributed by atoms with E-state index in [1.807, 2.05) is 18.2 Å². The second-order valence-electron chi connectivity index (χ2n) is 4.92. The van der Waals surface area contributed by atoms with Crippen LogP contribution in [0.3, 0.4) is 0 Å². The van der Waals surface area contributed by atoms with Gasteiger partial charge in [0.2, 0.25) is 0 Å². The average molecular weight is 231 g/mol. The first-order valence-electron chi connectivity index (χ1n) is 6.37. The van der Waals surface area contributed by atoms with Gasteiger partial charge in [-0.2, -0.15) is 0 Å². The zero-order valence-electron chi connectivity index (χ0n) is 9.87. The smallest absolute Gasteiger partial charge is 0.338 e. The van der Waals surface area contributed by atoms with Gasteiger partial charge in [0.1, 0.15) is 0 Å². The van der Waals surface area contributed by atoms with Crippen molar-refractivity contribution in [2.75, 3.05) is 18.5 Å². The maximum atomic E-state index is 11.8. The third-order valence-corrected chi connectivity index (χ3v) is 3.51. The molecule has 1 aliphatic carbocycles. The van der Waals surface area contributed by atoms with Crippen molar-refractivity contribution in [2.45, 2.75) is 25.7 Å². The maximum absolute atomic E-state index is 11.8. The second kappa shape index (κ2) is 4.40. The fourth-order valence-corrected chi connectivity index (χ4v) is 2.24. The first kappa shape index (κ1) is 10.6. The summed E-state index contributed by atoms with van der Waals surface area (Å²) in [4.78, 5) is 11.8. The van der Waals surface area contributed by atoms with E-state index in [2.05, 4.69) is 5.32 Å². The summed E-state index contributed by atoms with van der Waals surface area (Å²) in [7, 11) is 0. The fraction of sp³-hybridized carbons (Fsp3) is 0.500. The van der Waals surface area contributed by atoms with E-state index < -0.39 is 0 Å². The van der Waals surface area contributed by atoms with Gasteiger partial charge >= 0.3 is 5.97 Å². The van der Waals surface area contributed by atoms with Crippen LogP contribution in [-0.4, -0.2) is 19.1 Å². The molecule has 0 bridgehead atoms. The van der Waals surface area contributed by atoms with Crippen LogP contribution < -0.4 is 5.32 Å². The van der Waals surface area contributed by atoms with E-state index in [0.29, 0.717) is 12.2 Å². The number of fused-ring (bicyclic) bond motifs is 1. The number of nitrogens with one attached hydrogen (secondary N) is 1. The van der Waals surface area contributed by atoms with E-state index in [-0.39, 0.29) is 5.97 Å². The van der Waals surface area contributed by atoms with Crippen molar-refractivity contribution in [1.82, 2.24) is 0 Å². The molecule has 3 heteroatoms.